The van der Waals surface area contributed by atoms with E-state index in [1.165, 1.54) is 0 Å². The molecule has 1 rings (SSSR count). The molecule has 0 fully saturated rings. The second-order valence-electron chi connectivity index (χ2n) is 4.57. The largest absolute Gasteiger partial charge is 0.367 e. The van der Waals surface area contributed by atoms with E-state index in [2.05, 4.69) is 42.6 Å². The van der Waals surface area contributed by atoms with Crippen LogP contribution in [0.25, 0.3) is 0 Å². The number of hydrogen-bond donors (Lipinski definition) is 1. The Hall–Kier alpha value is -1.09. The lowest BCUT2D eigenvalue weighted by Crippen LogP contribution is -2.17. The molecule has 0 saturated carbocycles. The summed E-state index contributed by atoms with van der Waals surface area (Å²) < 4.78 is 0. The van der Waals surface area contributed by atoms with Crippen molar-refractivity contribution in [2.24, 2.45) is 0 Å². The third-order valence-electron chi connectivity index (χ3n) is 2.52. The van der Waals surface area contributed by atoms with E-state index in [9.17, 15) is 0 Å². The normalized spacial score (nSPS) is 12.6. The molecule has 3 nitrogen and oxygen atoms in total. The van der Waals surface area contributed by atoms with Crippen LogP contribution >= 0.6 is 11.6 Å². The highest BCUT2D eigenvalue weighted by Crippen LogP contribution is 2.23. The number of aromatic nitrogens is 2. The zero-order valence-electron chi connectivity index (χ0n) is 10.9. The summed E-state index contributed by atoms with van der Waals surface area (Å²) in [7, 11) is 0. The fourth-order valence-electron chi connectivity index (χ4n) is 1.45. The van der Waals surface area contributed by atoms with Crippen LogP contribution in [0.4, 0.5) is 5.82 Å². The molecule has 4 heteroatoms. The van der Waals surface area contributed by atoms with Crippen molar-refractivity contribution >= 4 is 17.4 Å². The van der Waals surface area contributed by atoms with E-state index >= 15 is 0 Å². The summed E-state index contributed by atoms with van der Waals surface area (Å²) in [4.78, 5) is 8.79. The first-order valence-electron chi connectivity index (χ1n) is 5.87. The number of nitrogens with zero attached hydrogens (tertiary/aromatic N) is 2. The molecule has 17 heavy (non-hydrogen) atoms. The maximum absolute atomic E-state index is 6.11. The quantitative estimate of drug-likeness (QED) is 0.638. The molecule has 1 aromatic heterocycles. The van der Waals surface area contributed by atoms with Crippen LogP contribution in [0.5, 0.6) is 0 Å². The Balaban J connectivity index is 3.01. The Morgan fingerprint density at radius 2 is 2.00 bits per heavy atom. The molecule has 1 atom stereocenters. The highest BCUT2D eigenvalue weighted by Gasteiger charge is 2.12. The lowest BCUT2D eigenvalue weighted by atomic mass is 10.2. The lowest BCUT2D eigenvalue weighted by molar-refractivity contribution is 0.757. The van der Waals surface area contributed by atoms with E-state index < -0.39 is 0 Å². The number of rotatable bonds is 5. The van der Waals surface area contributed by atoms with E-state index in [-0.39, 0.29) is 12.0 Å². The summed E-state index contributed by atoms with van der Waals surface area (Å²) in [5.74, 6) is 1.86. The Bertz CT molecular complexity index is 402. The molecule has 1 unspecified atom stereocenters. The zero-order chi connectivity index (χ0) is 13.0. The topological polar surface area (TPSA) is 37.8 Å². The van der Waals surface area contributed by atoms with Crippen LogP contribution in [0.3, 0.4) is 0 Å². The predicted octanol–water partition coefficient (Wildman–Crippen LogP) is 3.94. The number of halogens is 1. The molecule has 0 saturated heterocycles. The minimum atomic E-state index is 0.267. The fraction of sp³-hybridized carbons (Fsp3) is 0.538. The Morgan fingerprint density at radius 3 is 2.53 bits per heavy atom. The van der Waals surface area contributed by atoms with Crippen molar-refractivity contribution in [3.05, 3.63) is 29.2 Å². The SMILES string of the molecule is C=CCC(C)Nc1nc(C(C)C)nc(Cl)c1C. The van der Waals surface area contributed by atoms with Crippen molar-refractivity contribution in [3.63, 3.8) is 0 Å². The van der Waals surface area contributed by atoms with Crippen LogP contribution in [0.15, 0.2) is 12.7 Å². The fourth-order valence-corrected chi connectivity index (χ4v) is 1.62. The van der Waals surface area contributed by atoms with E-state index in [1.54, 1.807) is 0 Å². The van der Waals surface area contributed by atoms with Crippen molar-refractivity contribution in [2.45, 2.75) is 46.1 Å². The van der Waals surface area contributed by atoms with Gasteiger partial charge in [0.05, 0.1) is 0 Å². The highest BCUT2D eigenvalue weighted by atomic mass is 35.5. The van der Waals surface area contributed by atoms with Gasteiger partial charge in [-0.3, -0.25) is 0 Å². The molecule has 0 bridgehead atoms. The van der Waals surface area contributed by atoms with E-state index in [4.69, 9.17) is 11.6 Å². The highest BCUT2D eigenvalue weighted by molar-refractivity contribution is 6.30. The Morgan fingerprint density at radius 1 is 1.35 bits per heavy atom. The molecule has 0 radical (unpaired) electrons. The summed E-state index contributed by atoms with van der Waals surface area (Å²) in [5, 5.41) is 3.87. The first-order valence-corrected chi connectivity index (χ1v) is 6.25. The second-order valence-corrected chi connectivity index (χ2v) is 4.93. The lowest BCUT2D eigenvalue weighted by Gasteiger charge is -2.16. The molecule has 1 N–H and O–H groups in total. The minimum absolute atomic E-state index is 0.267. The first-order chi connectivity index (χ1) is 7.95. The van der Waals surface area contributed by atoms with Crippen LogP contribution in [0.1, 0.15) is 44.5 Å². The summed E-state index contributed by atoms with van der Waals surface area (Å²) in [6.45, 7) is 11.9. The molecule has 0 aromatic carbocycles. The number of nitrogens with one attached hydrogen (secondary N) is 1. The van der Waals surface area contributed by atoms with Gasteiger partial charge in [-0.2, -0.15) is 0 Å². The van der Waals surface area contributed by atoms with Gasteiger partial charge in [0.1, 0.15) is 16.8 Å². The molecule has 1 aromatic rings. The average molecular weight is 254 g/mol. The van der Waals surface area contributed by atoms with E-state index in [0.29, 0.717) is 5.15 Å². The third-order valence-corrected chi connectivity index (χ3v) is 2.89. The maximum atomic E-state index is 6.11. The minimum Gasteiger partial charge on any atom is -0.367 e. The molecule has 0 aliphatic carbocycles. The Labute approximate surface area is 108 Å². The van der Waals surface area contributed by atoms with Gasteiger partial charge in [-0.15, -0.1) is 6.58 Å². The van der Waals surface area contributed by atoms with Crippen LogP contribution in [-0.2, 0) is 0 Å². The molecule has 0 spiro atoms. The molecular weight excluding hydrogens is 234 g/mol. The van der Waals surface area contributed by atoms with Crippen LogP contribution in [0.2, 0.25) is 5.15 Å². The standard InChI is InChI=1S/C13H20ClN3/c1-6-7-9(4)15-13-10(5)11(14)16-12(17-13)8(2)3/h6,8-9H,1,7H2,2-5H3,(H,15,16,17). The van der Waals surface area contributed by atoms with Crippen molar-refractivity contribution in [1.29, 1.82) is 0 Å². The molecular formula is C13H20ClN3. The van der Waals surface area contributed by atoms with Gasteiger partial charge >= 0.3 is 0 Å². The van der Waals surface area contributed by atoms with E-state index in [0.717, 1.165) is 23.6 Å². The van der Waals surface area contributed by atoms with Gasteiger partial charge in [-0.25, -0.2) is 9.97 Å². The molecule has 0 aliphatic heterocycles. The summed E-state index contributed by atoms with van der Waals surface area (Å²) in [6.07, 6.45) is 2.78. The van der Waals surface area contributed by atoms with Crippen molar-refractivity contribution in [3.8, 4) is 0 Å². The Kier molecular flexibility index (Phi) is 4.94. The monoisotopic (exact) mass is 253 g/mol. The van der Waals surface area contributed by atoms with Gasteiger partial charge in [-0.1, -0.05) is 31.5 Å². The second kappa shape index (κ2) is 6.01. The van der Waals surface area contributed by atoms with Gasteiger partial charge < -0.3 is 5.32 Å². The molecule has 94 valence electrons. The van der Waals surface area contributed by atoms with Gasteiger partial charge in [-0.05, 0) is 20.3 Å². The average Bonchev–Trinajstić information content (AvgIpc) is 2.24. The summed E-state index contributed by atoms with van der Waals surface area (Å²) in [6, 6.07) is 0.289. The maximum Gasteiger partial charge on any atom is 0.137 e. The van der Waals surface area contributed by atoms with Crippen LogP contribution in [0, 0.1) is 6.92 Å². The summed E-state index contributed by atoms with van der Waals surface area (Å²) in [5.41, 5.74) is 0.895. The van der Waals surface area contributed by atoms with Gasteiger partial charge in [0, 0.05) is 17.5 Å². The van der Waals surface area contributed by atoms with E-state index in [1.807, 2.05) is 13.0 Å². The van der Waals surface area contributed by atoms with Crippen molar-refractivity contribution in [2.75, 3.05) is 5.32 Å². The molecule has 1 heterocycles. The number of anilines is 1. The van der Waals surface area contributed by atoms with Crippen LogP contribution in [-0.4, -0.2) is 16.0 Å². The molecule has 0 amide bonds. The van der Waals surface area contributed by atoms with Gasteiger partial charge in [0.15, 0.2) is 0 Å². The number of hydrogen-bond acceptors (Lipinski definition) is 3. The first kappa shape index (κ1) is 14.0. The summed E-state index contributed by atoms with van der Waals surface area (Å²) >= 11 is 6.11. The van der Waals surface area contributed by atoms with Gasteiger partial charge in [0.25, 0.3) is 0 Å². The van der Waals surface area contributed by atoms with Crippen molar-refractivity contribution < 1.29 is 0 Å². The predicted molar refractivity (Wildman–Crippen MR) is 73.8 cm³/mol. The zero-order valence-corrected chi connectivity index (χ0v) is 11.7. The van der Waals surface area contributed by atoms with Gasteiger partial charge in [0.2, 0.25) is 0 Å². The third kappa shape index (κ3) is 3.70. The smallest absolute Gasteiger partial charge is 0.137 e. The van der Waals surface area contributed by atoms with Crippen LogP contribution < -0.4 is 5.32 Å². The van der Waals surface area contributed by atoms with Crippen molar-refractivity contribution in [1.82, 2.24) is 9.97 Å². The molecule has 0 aliphatic rings.